The number of primary amides is 1. The molecule has 1 aliphatic heterocycles. The van der Waals surface area contributed by atoms with E-state index in [4.69, 9.17) is 10.5 Å². The van der Waals surface area contributed by atoms with Gasteiger partial charge in [-0.1, -0.05) is 18.2 Å². The van der Waals surface area contributed by atoms with Gasteiger partial charge in [0.25, 0.3) is 5.91 Å². The lowest BCUT2D eigenvalue weighted by Gasteiger charge is -2.32. The van der Waals surface area contributed by atoms with Crippen molar-refractivity contribution < 1.29 is 22.3 Å². The van der Waals surface area contributed by atoms with Crippen LogP contribution >= 0.6 is 11.3 Å². The number of nitrogens with zero attached hydrogens (tertiary/aromatic N) is 1. The van der Waals surface area contributed by atoms with Gasteiger partial charge in [0.2, 0.25) is 10.0 Å². The van der Waals surface area contributed by atoms with Gasteiger partial charge < -0.3 is 10.5 Å². The highest BCUT2D eigenvalue weighted by molar-refractivity contribution is 7.89. The van der Waals surface area contributed by atoms with Crippen LogP contribution in [0.15, 0.2) is 47.4 Å². The summed E-state index contributed by atoms with van der Waals surface area (Å²) < 4.78 is 47.8. The summed E-state index contributed by atoms with van der Waals surface area (Å²) in [5.41, 5.74) is 6.45. The van der Waals surface area contributed by atoms with Crippen LogP contribution < -0.4 is 5.73 Å². The summed E-state index contributed by atoms with van der Waals surface area (Å²) in [6, 6.07) is 11.2. The molecular weight excluding hydrogens is 415 g/mol. The molecule has 0 bridgehead atoms. The predicted octanol–water partition coefficient (Wildman–Crippen LogP) is 3.21. The molecule has 4 rings (SSSR count). The van der Waals surface area contributed by atoms with E-state index < -0.39 is 27.9 Å². The second kappa shape index (κ2) is 7.49. The van der Waals surface area contributed by atoms with Crippen LogP contribution in [-0.2, 0) is 14.8 Å². The van der Waals surface area contributed by atoms with Crippen LogP contribution in [0.3, 0.4) is 0 Å². The van der Waals surface area contributed by atoms with Crippen molar-refractivity contribution in [2.45, 2.75) is 17.9 Å². The van der Waals surface area contributed by atoms with E-state index in [9.17, 15) is 17.6 Å². The highest BCUT2D eigenvalue weighted by Crippen LogP contribution is 2.38. The van der Waals surface area contributed by atoms with Gasteiger partial charge in [-0.3, -0.25) is 4.79 Å². The Morgan fingerprint density at radius 2 is 2.03 bits per heavy atom. The molecule has 9 heteroatoms. The lowest BCUT2D eigenvalue weighted by molar-refractivity contribution is -0.00189. The van der Waals surface area contributed by atoms with Gasteiger partial charge in [-0.2, -0.15) is 4.31 Å². The normalized spacial score (nSPS) is 18.2. The summed E-state index contributed by atoms with van der Waals surface area (Å²) in [6.45, 7) is 1.91. The van der Waals surface area contributed by atoms with Crippen molar-refractivity contribution in [3.05, 3.63) is 64.3 Å². The minimum absolute atomic E-state index is 0.0300. The largest absolute Gasteiger partial charge is 0.371 e. The van der Waals surface area contributed by atoms with Crippen LogP contribution in [0.2, 0.25) is 0 Å². The van der Waals surface area contributed by atoms with E-state index in [2.05, 4.69) is 0 Å². The number of carbonyl (C=O) groups is 1. The number of fused-ring (bicyclic) bond motifs is 1. The summed E-state index contributed by atoms with van der Waals surface area (Å²) in [5.74, 6) is -1.03. The quantitative estimate of drug-likeness (QED) is 0.683. The third kappa shape index (κ3) is 3.55. The number of nitrogens with two attached hydrogens (primary N) is 1. The summed E-state index contributed by atoms with van der Waals surface area (Å²) in [4.78, 5) is 12.4. The van der Waals surface area contributed by atoms with E-state index in [0.29, 0.717) is 10.4 Å². The molecule has 1 aromatic heterocycles. The number of ether oxygens (including phenoxy) is 1. The van der Waals surface area contributed by atoms with Gasteiger partial charge in [-0.05, 0) is 42.1 Å². The number of rotatable bonds is 4. The molecule has 0 aliphatic carbocycles. The fraction of sp³-hybridized carbons (Fsp3) is 0.250. The van der Waals surface area contributed by atoms with Crippen LogP contribution in [-0.4, -0.2) is 38.3 Å². The number of amides is 1. The number of morpholine rings is 1. The Labute approximate surface area is 171 Å². The highest BCUT2D eigenvalue weighted by atomic mass is 32.2. The maximum absolute atomic E-state index is 13.6. The second-order valence-electron chi connectivity index (χ2n) is 6.84. The number of hydrogen-bond donors (Lipinski definition) is 1. The van der Waals surface area contributed by atoms with E-state index in [0.717, 1.165) is 16.2 Å². The minimum Gasteiger partial charge on any atom is -0.371 e. The molecule has 152 valence electrons. The first-order chi connectivity index (χ1) is 13.8. The van der Waals surface area contributed by atoms with E-state index in [-0.39, 0.29) is 30.2 Å². The van der Waals surface area contributed by atoms with Gasteiger partial charge >= 0.3 is 0 Å². The molecule has 1 amide bonds. The third-order valence-corrected chi connectivity index (χ3v) is 8.04. The molecule has 6 nitrogen and oxygen atoms in total. The van der Waals surface area contributed by atoms with E-state index in [1.807, 2.05) is 24.3 Å². The Hall–Kier alpha value is -2.33. The number of halogens is 1. The maximum atomic E-state index is 13.6. The van der Waals surface area contributed by atoms with Crippen molar-refractivity contribution >= 4 is 37.4 Å². The molecule has 0 saturated carbocycles. The fourth-order valence-electron chi connectivity index (χ4n) is 3.51. The lowest BCUT2D eigenvalue weighted by Crippen LogP contribution is -2.42. The zero-order valence-electron chi connectivity index (χ0n) is 15.6. The average molecular weight is 435 g/mol. The van der Waals surface area contributed by atoms with E-state index in [1.165, 1.54) is 34.7 Å². The number of carbonyl (C=O) groups excluding carboxylic acids is 1. The number of thiophene rings is 1. The van der Waals surface area contributed by atoms with Crippen molar-refractivity contribution in [2.24, 2.45) is 5.73 Å². The van der Waals surface area contributed by atoms with Gasteiger partial charge in [0.1, 0.15) is 5.82 Å². The SMILES string of the molecule is Cc1cc(S(=O)(=O)N2CCOC(c3c(C(N)=O)sc4ccccc34)C2)ccc1F. The highest BCUT2D eigenvalue weighted by Gasteiger charge is 2.34. The van der Waals surface area contributed by atoms with Crippen molar-refractivity contribution in [1.82, 2.24) is 4.31 Å². The smallest absolute Gasteiger partial charge is 0.259 e. The second-order valence-corrected chi connectivity index (χ2v) is 9.83. The first kappa shape index (κ1) is 20.0. The minimum atomic E-state index is -3.84. The Bertz CT molecular complexity index is 1210. The van der Waals surface area contributed by atoms with Crippen LogP contribution in [0.5, 0.6) is 0 Å². The van der Waals surface area contributed by atoms with Crippen LogP contribution in [0.25, 0.3) is 10.1 Å². The molecule has 1 atom stereocenters. The van der Waals surface area contributed by atoms with E-state index in [1.54, 1.807) is 0 Å². The summed E-state index contributed by atoms with van der Waals surface area (Å²) >= 11 is 1.27. The van der Waals surface area contributed by atoms with Gasteiger partial charge in [0.15, 0.2) is 0 Å². The van der Waals surface area contributed by atoms with Crippen LogP contribution in [0.1, 0.15) is 26.9 Å². The summed E-state index contributed by atoms with van der Waals surface area (Å²) in [6.07, 6.45) is -0.626. The van der Waals surface area contributed by atoms with Crippen molar-refractivity contribution in [2.75, 3.05) is 19.7 Å². The Kier molecular flexibility index (Phi) is 5.16. The molecule has 29 heavy (non-hydrogen) atoms. The van der Waals surface area contributed by atoms with Crippen molar-refractivity contribution in [3.8, 4) is 0 Å². The van der Waals surface area contributed by atoms with Gasteiger partial charge in [0, 0.05) is 23.4 Å². The molecular formula is C20H19FN2O4S2. The van der Waals surface area contributed by atoms with Crippen LogP contribution in [0, 0.1) is 12.7 Å². The predicted molar refractivity (Wildman–Crippen MR) is 109 cm³/mol. The summed E-state index contributed by atoms with van der Waals surface area (Å²) in [7, 11) is -3.84. The monoisotopic (exact) mass is 434 g/mol. The van der Waals surface area contributed by atoms with Crippen molar-refractivity contribution in [3.63, 3.8) is 0 Å². The zero-order chi connectivity index (χ0) is 20.8. The van der Waals surface area contributed by atoms with Gasteiger partial charge in [-0.15, -0.1) is 11.3 Å². The topological polar surface area (TPSA) is 89.7 Å². The third-order valence-electron chi connectivity index (χ3n) is 4.98. The number of aryl methyl sites for hydroxylation is 1. The molecule has 0 radical (unpaired) electrons. The Balaban J connectivity index is 1.72. The van der Waals surface area contributed by atoms with Crippen molar-refractivity contribution in [1.29, 1.82) is 0 Å². The molecule has 1 fully saturated rings. The maximum Gasteiger partial charge on any atom is 0.259 e. The van der Waals surface area contributed by atoms with Gasteiger partial charge in [0.05, 0.1) is 22.5 Å². The average Bonchev–Trinajstić information content (AvgIpc) is 3.10. The molecule has 1 unspecified atom stereocenters. The van der Waals surface area contributed by atoms with E-state index >= 15 is 0 Å². The zero-order valence-corrected chi connectivity index (χ0v) is 17.2. The summed E-state index contributed by atoms with van der Waals surface area (Å²) in [5, 5.41) is 0.827. The standard InChI is InChI=1S/C20H19FN2O4S2/c1-12-10-13(6-7-15(12)21)29(25,26)23-8-9-27-16(11-23)18-14-4-2-3-5-17(14)28-19(18)20(22)24/h2-7,10,16H,8-9,11H2,1H3,(H2,22,24). The first-order valence-corrected chi connectivity index (χ1v) is 11.2. The number of sulfonamides is 1. The molecule has 1 saturated heterocycles. The van der Waals surface area contributed by atoms with Crippen LogP contribution in [0.4, 0.5) is 4.39 Å². The Morgan fingerprint density at radius 3 is 2.76 bits per heavy atom. The molecule has 2 heterocycles. The number of benzene rings is 2. The number of hydrogen-bond acceptors (Lipinski definition) is 5. The molecule has 1 aliphatic rings. The molecule has 0 spiro atoms. The molecule has 3 aromatic rings. The first-order valence-electron chi connectivity index (χ1n) is 8.98. The lowest BCUT2D eigenvalue weighted by atomic mass is 10.0. The molecule has 2 N–H and O–H groups in total. The fourth-order valence-corrected chi connectivity index (χ4v) is 6.13. The molecule has 2 aromatic carbocycles. The Morgan fingerprint density at radius 1 is 1.28 bits per heavy atom. The van der Waals surface area contributed by atoms with Gasteiger partial charge in [-0.25, -0.2) is 12.8 Å².